The Morgan fingerprint density at radius 3 is 2.86 bits per heavy atom. The third-order valence-corrected chi connectivity index (χ3v) is 3.94. The zero-order valence-corrected chi connectivity index (χ0v) is 11.6. The number of aromatic nitrogens is 1. The van der Waals surface area contributed by atoms with Crippen molar-refractivity contribution in [3.63, 3.8) is 0 Å². The van der Waals surface area contributed by atoms with Gasteiger partial charge in [0.15, 0.2) is 0 Å². The largest absolute Gasteiger partial charge is 0.487 e. The van der Waals surface area contributed by atoms with Crippen LogP contribution in [0, 0.1) is 10.1 Å². The molecule has 0 radical (unpaired) electrons. The average molecular weight is 287 g/mol. The summed E-state index contributed by atoms with van der Waals surface area (Å²) in [4.78, 5) is 14.9. The van der Waals surface area contributed by atoms with Crippen LogP contribution >= 0.6 is 0 Å². The quantitative estimate of drug-likeness (QED) is 0.692. The molecule has 110 valence electrons. The molecule has 2 atom stereocenters. The van der Waals surface area contributed by atoms with Crippen LogP contribution in [0.25, 0.3) is 10.9 Å². The molecule has 1 aromatic heterocycles. The molecule has 2 unspecified atom stereocenters. The van der Waals surface area contributed by atoms with Gasteiger partial charge in [-0.3, -0.25) is 15.1 Å². The van der Waals surface area contributed by atoms with Gasteiger partial charge in [0.25, 0.3) is 5.69 Å². The minimum absolute atomic E-state index is 0.00713. The Morgan fingerprint density at radius 1 is 1.29 bits per heavy atom. The molecule has 3 rings (SSSR count). The summed E-state index contributed by atoms with van der Waals surface area (Å²) in [5.41, 5.74) is 6.65. The smallest absolute Gasteiger partial charge is 0.279 e. The molecule has 0 aliphatic heterocycles. The summed E-state index contributed by atoms with van der Waals surface area (Å²) in [6, 6.07) is 6.47. The first kappa shape index (κ1) is 13.8. The molecule has 0 bridgehead atoms. The number of fused-ring (bicyclic) bond motifs is 1. The second-order valence-corrected chi connectivity index (χ2v) is 5.34. The Hall–Kier alpha value is -2.21. The van der Waals surface area contributed by atoms with E-state index in [1.807, 2.05) is 0 Å². The highest BCUT2D eigenvalue weighted by atomic mass is 16.6. The summed E-state index contributed by atoms with van der Waals surface area (Å²) in [6.45, 7) is 0. The number of non-ortho nitro benzene ring substituents is 1. The maximum absolute atomic E-state index is 11.1. The second-order valence-electron chi connectivity index (χ2n) is 5.34. The second kappa shape index (κ2) is 5.65. The Bertz CT molecular complexity index is 674. The number of nitrogens with zero attached hydrogens (tertiary/aromatic N) is 2. The van der Waals surface area contributed by atoms with Gasteiger partial charge in [-0.05, 0) is 37.5 Å². The first-order valence-electron chi connectivity index (χ1n) is 7.11. The monoisotopic (exact) mass is 287 g/mol. The molecule has 0 spiro atoms. The summed E-state index contributed by atoms with van der Waals surface area (Å²) < 4.78 is 6.01. The minimum Gasteiger partial charge on any atom is -0.487 e. The lowest BCUT2D eigenvalue weighted by Crippen LogP contribution is -2.41. The molecule has 0 saturated heterocycles. The molecule has 1 aliphatic carbocycles. The van der Waals surface area contributed by atoms with Crippen molar-refractivity contribution in [1.29, 1.82) is 0 Å². The van der Waals surface area contributed by atoms with Gasteiger partial charge in [0, 0.05) is 18.3 Å². The third-order valence-electron chi connectivity index (χ3n) is 3.94. The van der Waals surface area contributed by atoms with Gasteiger partial charge >= 0.3 is 0 Å². The topological polar surface area (TPSA) is 91.3 Å². The summed E-state index contributed by atoms with van der Waals surface area (Å²) in [5, 5.41) is 11.6. The average Bonchev–Trinajstić information content (AvgIpc) is 2.49. The number of rotatable bonds is 3. The van der Waals surface area contributed by atoms with E-state index in [0.29, 0.717) is 16.7 Å². The van der Waals surface area contributed by atoms with Crippen LogP contribution in [0.5, 0.6) is 5.75 Å². The van der Waals surface area contributed by atoms with Crippen molar-refractivity contribution < 1.29 is 9.66 Å². The van der Waals surface area contributed by atoms with Gasteiger partial charge in [-0.25, -0.2) is 0 Å². The molecule has 1 saturated carbocycles. The van der Waals surface area contributed by atoms with Crippen LogP contribution in [0.1, 0.15) is 25.7 Å². The van der Waals surface area contributed by atoms with Gasteiger partial charge in [0.1, 0.15) is 17.4 Å². The normalized spacial score (nSPS) is 22.1. The van der Waals surface area contributed by atoms with E-state index >= 15 is 0 Å². The fraction of sp³-hybridized carbons (Fsp3) is 0.400. The number of hydrogen-bond donors (Lipinski definition) is 1. The van der Waals surface area contributed by atoms with Crippen molar-refractivity contribution in [1.82, 2.24) is 4.98 Å². The molecule has 1 fully saturated rings. The number of ether oxygens (including phenoxy) is 1. The molecule has 1 aliphatic rings. The van der Waals surface area contributed by atoms with E-state index in [4.69, 9.17) is 10.5 Å². The van der Waals surface area contributed by atoms with Crippen molar-refractivity contribution in [2.24, 2.45) is 5.73 Å². The molecule has 0 amide bonds. The van der Waals surface area contributed by atoms with Gasteiger partial charge in [0.05, 0.1) is 10.3 Å². The van der Waals surface area contributed by atoms with Crippen molar-refractivity contribution in [2.45, 2.75) is 37.8 Å². The number of benzene rings is 1. The number of nitro benzene ring substituents is 1. The molecule has 1 heterocycles. The van der Waals surface area contributed by atoms with E-state index < -0.39 is 4.92 Å². The number of nitrogens with two attached hydrogens (primary N) is 1. The van der Waals surface area contributed by atoms with Gasteiger partial charge < -0.3 is 10.5 Å². The lowest BCUT2D eigenvalue weighted by Gasteiger charge is -2.29. The molecule has 2 aromatic rings. The zero-order valence-electron chi connectivity index (χ0n) is 11.6. The lowest BCUT2D eigenvalue weighted by molar-refractivity contribution is -0.383. The molecule has 21 heavy (non-hydrogen) atoms. The number of pyridine rings is 1. The van der Waals surface area contributed by atoms with Crippen molar-refractivity contribution in [3.8, 4) is 5.75 Å². The van der Waals surface area contributed by atoms with Crippen molar-refractivity contribution >= 4 is 16.6 Å². The lowest BCUT2D eigenvalue weighted by atomic mass is 9.93. The van der Waals surface area contributed by atoms with Crippen LogP contribution in [0.15, 0.2) is 30.5 Å². The molecule has 1 aromatic carbocycles. The minimum atomic E-state index is -0.403. The van der Waals surface area contributed by atoms with Crippen LogP contribution < -0.4 is 10.5 Å². The molecular formula is C15H17N3O3. The van der Waals surface area contributed by atoms with E-state index in [1.54, 1.807) is 24.4 Å². The Balaban J connectivity index is 1.99. The van der Waals surface area contributed by atoms with Crippen LogP contribution in [0.3, 0.4) is 0 Å². The van der Waals surface area contributed by atoms with Crippen LogP contribution in [-0.4, -0.2) is 22.1 Å². The Morgan fingerprint density at radius 2 is 2.10 bits per heavy atom. The molecule has 2 N–H and O–H groups in total. The standard InChI is InChI=1S/C15H17N3O3/c16-11-5-1-2-6-13(11)21-14-8-7-12(18(19)20)10-4-3-9-17-15(10)14/h3-4,7-9,11,13H,1-2,5-6,16H2. The number of hydrogen-bond acceptors (Lipinski definition) is 5. The third kappa shape index (κ3) is 2.67. The van der Waals surface area contributed by atoms with E-state index in [2.05, 4.69) is 4.98 Å². The summed E-state index contributed by atoms with van der Waals surface area (Å²) in [6.07, 6.45) is 5.64. The van der Waals surface area contributed by atoms with Gasteiger partial charge in [-0.1, -0.05) is 6.42 Å². The van der Waals surface area contributed by atoms with E-state index in [-0.39, 0.29) is 17.8 Å². The molecule has 6 nitrogen and oxygen atoms in total. The van der Waals surface area contributed by atoms with E-state index in [9.17, 15) is 10.1 Å². The molecule has 6 heteroatoms. The summed E-state index contributed by atoms with van der Waals surface area (Å²) in [5.74, 6) is 0.568. The van der Waals surface area contributed by atoms with Crippen LogP contribution in [0.4, 0.5) is 5.69 Å². The highest BCUT2D eigenvalue weighted by Gasteiger charge is 2.25. The molecular weight excluding hydrogens is 270 g/mol. The fourth-order valence-electron chi connectivity index (χ4n) is 2.82. The van der Waals surface area contributed by atoms with Crippen molar-refractivity contribution in [2.75, 3.05) is 0 Å². The summed E-state index contributed by atoms with van der Waals surface area (Å²) in [7, 11) is 0. The SMILES string of the molecule is NC1CCCCC1Oc1ccc([N+](=O)[O-])c2cccnc12. The maximum atomic E-state index is 11.1. The van der Waals surface area contributed by atoms with Crippen LogP contribution in [-0.2, 0) is 0 Å². The fourth-order valence-corrected chi connectivity index (χ4v) is 2.82. The zero-order chi connectivity index (χ0) is 14.8. The van der Waals surface area contributed by atoms with Gasteiger partial charge in [0.2, 0.25) is 0 Å². The van der Waals surface area contributed by atoms with Gasteiger partial charge in [-0.15, -0.1) is 0 Å². The Labute approximate surface area is 122 Å². The highest BCUT2D eigenvalue weighted by Crippen LogP contribution is 2.33. The predicted molar refractivity (Wildman–Crippen MR) is 79.3 cm³/mol. The van der Waals surface area contributed by atoms with Gasteiger partial charge in [-0.2, -0.15) is 0 Å². The van der Waals surface area contributed by atoms with E-state index in [1.165, 1.54) is 6.07 Å². The van der Waals surface area contributed by atoms with Crippen LogP contribution in [0.2, 0.25) is 0 Å². The van der Waals surface area contributed by atoms with Crippen molar-refractivity contribution in [3.05, 3.63) is 40.6 Å². The highest BCUT2D eigenvalue weighted by molar-refractivity contribution is 5.92. The summed E-state index contributed by atoms with van der Waals surface area (Å²) >= 11 is 0. The Kier molecular flexibility index (Phi) is 3.70. The number of nitro groups is 1. The van der Waals surface area contributed by atoms with E-state index in [0.717, 1.165) is 25.7 Å². The maximum Gasteiger partial charge on any atom is 0.279 e. The predicted octanol–water partition coefficient (Wildman–Crippen LogP) is 2.79. The first-order chi connectivity index (χ1) is 10.2. The first-order valence-corrected chi connectivity index (χ1v) is 7.11.